The minimum Gasteiger partial charge on any atom is -0.494 e. The zero-order valence-corrected chi connectivity index (χ0v) is 21.6. The molecule has 182 valence electrons. The lowest BCUT2D eigenvalue weighted by Gasteiger charge is -2.33. The van der Waals surface area contributed by atoms with E-state index >= 15 is 0 Å². The van der Waals surface area contributed by atoms with Gasteiger partial charge in [0, 0.05) is 10.5 Å². The van der Waals surface area contributed by atoms with E-state index in [1.165, 1.54) is 16.4 Å². The number of anilines is 1. The lowest BCUT2D eigenvalue weighted by atomic mass is 10.1. The summed E-state index contributed by atoms with van der Waals surface area (Å²) in [4.78, 5) is 27.8. The predicted octanol–water partition coefficient (Wildman–Crippen LogP) is 4.89. The SMILES string of the molecule is CCOc1ccc(N2C(=O)CC(N(C3CCCCCC3)S(=O)(=O)c3ccc(Br)cc3)C2=O)cc1. The van der Waals surface area contributed by atoms with Crippen molar-refractivity contribution in [2.75, 3.05) is 11.5 Å². The molecule has 2 aromatic rings. The van der Waals surface area contributed by atoms with Crippen LogP contribution in [0.3, 0.4) is 0 Å². The fourth-order valence-electron chi connectivity index (χ4n) is 4.80. The molecule has 1 aliphatic heterocycles. The molecule has 0 N–H and O–H groups in total. The van der Waals surface area contributed by atoms with Crippen molar-refractivity contribution in [3.63, 3.8) is 0 Å². The second-order valence-electron chi connectivity index (χ2n) is 8.65. The molecule has 2 aromatic carbocycles. The normalized spacial score (nSPS) is 20.1. The summed E-state index contributed by atoms with van der Waals surface area (Å²) >= 11 is 3.35. The van der Waals surface area contributed by atoms with Crippen LogP contribution < -0.4 is 9.64 Å². The quantitative estimate of drug-likeness (QED) is 0.363. The summed E-state index contributed by atoms with van der Waals surface area (Å²) in [6.45, 7) is 2.38. The number of ether oxygens (including phenoxy) is 1. The van der Waals surface area contributed by atoms with Crippen molar-refractivity contribution in [1.82, 2.24) is 4.31 Å². The number of amides is 2. The number of carbonyl (C=O) groups is 2. The lowest BCUT2D eigenvalue weighted by molar-refractivity contribution is -0.122. The molecule has 2 amide bonds. The molecule has 1 atom stereocenters. The number of sulfonamides is 1. The van der Waals surface area contributed by atoms with E-state index in [1.54, 1.807) is 36.4 Å². The van der Waals surface area contributed by atoms with E-state index in [4.69, 9.17) is 4.74 Å². The van der Waals surface area contributed by atoms with Gasteiger partial charge in [-0.05, 0) is 68.3 Å². The minimum atomic E-state index is -4.00. The second-order valence-corrected chi connectivity index (χ2v) is 11.4. The van der Waals surface area contributed by atoms with Gasteiger partial charge in [0.15, 0.2) is 0 Å². The Kier molecular flexibility index (Phi) is 7.74. The van der Waals surface area contributed by atoms with Gasteiger partial charge in [0.1, 0.15) is 11.8 Å². The number of halogens is 1. The molecule has 2 aliphatic rings. The van der Waals surface area contributed by atoms with Gasteiger partial charge in [-0.2, -0.15) is 4.31 Å². The zero-order chi connectivity index (χ0) is 24.3. The van der Waals surface area contributed by atoms with Crippen LogP contribution in [0.15, 0.2) is 57.9 Å². The zero-order valence-electron chi connectivity index (χ0n) is 19.2. The third-order valence-electron chi connectivity index (χ3n) is 6.41. The molecule has 2 fully saturated rings. The third-order valence-corrected chi connectivity index (χ3v) is 8.91. The highest BCUT2D eigenvalue weighted by atomic mass is 79.9. The number of benzene rings is 2. The monoisotopic (exact) mass is 548 g/mol. The largest absolute Gasteiger partial charge is 0.494 e. The minimum absolute atomic E-state index is 0.125. The van der Waals surface area contributed by atoms with Crippen LogP contribution in [0.1, 0.15) is 51.9 Å². The van der Waals surface area contributed by atoms with Gasteiger partial charge in [-0.15, -0.1) is 0 Å². The molecule has 1 aliphatic carbocycles. The fraction of sp³-hybridized carbons (Fsp3) is 0.440. The van der Waals surface area contributed by atoms with Gasteiger partial charge in [0.05, 0.1) is 23.6 Å². The molecule has 1 unspecified atom stereocenters. The van der Waals surface area contributed by atoms with Gasteiger partial charge in [0.2, 0.25) is 15.9 Å². The van der Waals surface area contributed by atoms with Crippen molar-refractivity contribution in [1.29, 1.82) is 0 Å². The Labute approximate surface area is 209 Å². The molecule has 0 radical (unpaired) electrons. The topological polar surface area (TPSA) is 84.0 Å². The Morgan fingerprint density at radius 2 is 1.59 bits per heavy atom. The molecule has 34 heavy (non-hydrogen) atoms. The molecule has 0 aromatic heterocycles. The molecule has 4 rings (SSSR count). The summed E-state index contributed by atoms with van der Waals surface area (Å²) < 4.78 is 35.3. The van der Waals surface area contributed by atoms with E-state index in [0.29, 0.717) is 30.9 Å². The highest BCUT2D eigenvalue weighted by Gasteiger charge is 2.49. The number of hydrogen-bond donors (Lipinski definition) is 0. The van der Waals surface area contributed by atoms with Crippen molar-refractivity contribution in [3.05, 3.63) is 53.0 Å². The first kappa shape index (κ1) is 24.9. The maximum Gasteiger partial charge on any atom is 0.252 e. The fourth-order valence-corrected chi connectivity index (χ4v) is 6.89. The number of nitrogens with zero attached hydrogens (tertiary/aromatic N) is 2. The first-order valence-corrected chi connectivity index (χ1v) is 13.9. The molecule has 9 heteroatoms. The van der Waals surface area contributed by atoms with Crippen LogP contribution in [0, 0.1) is 0 Å². The molecular weight excluding hydrogens is 520 g/mol. The van der Waals surface area contributed by atoms with Crippen LogP contribution in [0.2, 0.25) is 0 Å². The Bertz CT molecular complexity index is 1130. The molecule has 0 spiro atoms. The maximum atomic E-state index is 13.9. The van der Waals surface area contributed by atoms with Gasteiger partial charge < -0.3 is 4.74 Å². The van der Waals surface area contributed by atoms with Crippen LogP contribution >= 0.6 is 15.9 Å². The van der Waals surface area contributed by atoms with E-state index in [2.05, 4.69) is 15.9 Å². The first-order chi connectivity index (χ1) is 16.3. The molecule has 1 saturated heterocycles. The van der Waals surface area contributed by atoms with Gasteiger partial charge in [-0.3, -0.25) is 9.59 Å². The summed E-state index contributed by atoms with van der Waals surface area (Å²) in [7, 11) is -4.00. The number of hydrogen-bond acceptors (Lipinski definition) is 5. The Balaban J connectivity index is 1.70. The van der Waals surface area contributed by atoms with Gasteiger partial charge in [-0.25, -0.2) is 13.3 Å². The molecular formula is C25H29BrN2O5S. The van der Waals surface area contributed by atoms with Gasteiger partial charge in [0.25, 0.3) is 5.91 Å². The highest BCUT2D eigenvalue weighted by molar-refractivity contribution is 9.10. The van der Waals surface area contributed by atoms with Crippen LogP contribution in [0.4, 0.5) is 5.69 Å². The number of imide groups is 1. The summed E-state index contributed by atoms with van der Waals surface area (Å²) in [6.07, 6.45) is 5.06. The molecule has 7 nitrogen and oxygen atoms in total. The van der Waals surface area contributed by atoms with E-state index in [0.717, 1.165) is 35.1 Å². The Morgan fingerprint density at radius 1 is 0.971 bits per heavy atom. The van der Waals surface area contributed by atoms with Crippen LogP contribution in [-0.4, -0.2) is 43.2 Å². The summed E-state index contributed by atoms with van der Waals surface area (Å²) in [6, 6.07) is 11.8. The third kappa shape index (κ3) is 5.06. The van der Waals surface area contributed by atoms with Crippen molar-refractivity contribution in [2.24, 2.45) is 0 Å². The molecule has 1 heterocycles. The Morgan fingerprint density at radius 3 is 2.18 bits per heavy atom. The maximum absolute atomic E-state index is 13.9. The van der Waals surface area contributed by atoms with E-state index in [-0.39, 0.29) is 17.4 Å². The summed E-state index contributed by atoms with van der Waals surface area (Å²) in [5.41, 5.74) is 0.419. The summed E-state index contributed by atoms with van der Waals surface area (Å²) in [5, 5.41) is 0. The van der Waals surface area contributed by atoms with E-state index in [9.17, 15) is 18.0 Å². The predicted molar refractivity (Wildman–Crippen MR) is 133 cm³/mol. The number of carbonyl (C=O) groups excluding carboxylic acids is 2. The van der Waals surface area contributed by atoms with Crippen LogP contribution in [0.25, 0.3) is 0 Å². The number of rotatable bonds is 7. The van der Waals surface area contributed by atoms with E-state index in [1.807, 2.05) is 6.92 Å². The van der Waals surface area contributed by atoms with Crippen molar-refractivity contribution < 1.29 is 22.7 Å². The molecule has 0 bridgehead atoms. The van der Waals surface area contributed by atoms with E-state index < -0.39 is 27.9 Å². The van der Waals surface area contributed by atoms with Crippen LogP contribution in [0.5, 0.6) is 5.75 Å². The standard InChI is InChI=1S/C25H29BrN2O5S/c1-2-33-21-13-11-19(12-14-21)27-24(29)17-23(25(27)30)28(20-7-5-3-4-6-8-20)34(31,32)22-15-9-18(26)10-16-22/h9-16,20,23H,2-8,17H2,1H3. The average molecular weight is 549 g/mol. The summed E-state index contributed by atoms with van der Waals surface area (Å²) in [5.74, 6) is -0.261. The first-order valence-electron chi connectivity index (χ1n) is 11.7. The van der Waals surface area contributed by atoms with Gasteiger partial charge >= 0.3 is 0 Å². The van der Waals surface area contributed by atoms with Crippen molar-refractivity contribution in [3.8, 4) is 5.75 Å². The van der Waals surface area contributed by atoms with Crippen molar-refractivity contribution in [2.45, 2.75) is 68.8 Å². The van der Waals surface area contributed by atoms with Crippen molar-refractivity contribution >= 4 is 43.5 Å². The average Bonchev–Trinajstić information content (AvgIpc) is 2.97. The second kappa shape index (κ2) is 10.6. The highest BCUT2D eigenvalue weighted by Crippen LogP contribution is 2.35. The Hall–Kier alpha value is -2.23. The van der Waals surface area contributed by atoms with Crippen LogP contribution in [-0.2, 0) is 19.6 Å². The van der Waals surface area contributed by atoms with Gasteiger partial charge in [-0.1, -0.05) is 41.6 Å². The lowest BCUT2D eigenvalue weighted by Crippen LogP contribution is -2.50. The molecule has 1 saturated carbocycles. The smallest absolute Gasteiger partial charge is 0.252 e.